The lowest BCUT2D eigenvalue weighted by Crippen LogP contribution is -2.45. The Morgan fingerprint density at radius 2 is 2.10 bits per heavy atom. The van der Waals surface area contributed by atoms with E-state index in [2.05, 4.69) is 20.6 Å². The van der Waals surface area contributed by atoms with Gasteiger partial charge in [0.15, 0.2) is 5.96 Å². The topological polar surface area (TPSA) is 67.8 Å². The number of nitrogens with one attached hydrogen (secondary N) is 2. The molecular formula is C14H24N4O2. The van der Waals surface area contributed by atoms with E-state index < -0.39 is 0 Å². The van der Waals surface area contributed by atoms with Crippen molar-refractivity contribution in [2.75, 3.05) is 27.8 Å². The molecule has 1 rings (SSSR count). The maximum absolute atomic E-state index is 5.36. The van der Waals surface area contributed by atoms with E-state index in [9.17, 15) is 0 Å². The van der Waals surface area contributed by atoms with Crippen LogP contribution < -0.4 is 15.4 Å². The van der Waals surface area contributed by atoms with Crippen LogP contribution >= 0.6 is 0 Å². The van der Waals surface area contributed by atoms with E-state index in [1.807, 2.05) is 26.0 Å². The largest absolute Gasteiger partial charge is 0.481 e. The van der Waals surface area contributed by atoms with Crippen molar-refractivity contribution in [1.29, 1.82) is 0 Å². The summed E-state index contributed by atoms with van der Waals surface area (Å²) < 4.78 is 10.6. The fourth-order valence-electron chi connectivity index (χ4n) is 1.51. The van der Waals surface area contributed by atoms with Crippen LogP contribution in [0.25, 0.3) is 0 Å². The van der Waals surface area contributed by atoms with Crippen LogP contribution in [-0.4, -0.2) is 44.4 Å². The molecule has 0 bridgehead atoms. The lowest BCUT2D eigenvalue weighted by molar-refractivity contribution is 0.0268. The van der Waals surface area contributed by atoms with E-state index in [-0.39, 0.29) is 5.60 Å². The minimum absolute atomic E-state index is 0.246. The summed E-state index contributed by atoms with van der Waals surface area (Å²) in [7, 11) is 5.04. The Morgan fingerprint density at radius 3 is 2.70 bits per heavy atom. The Kier molecular flexibility index (Phi) is 6.24. The highest BCUT2D eigenvalue weighted by atomic mass is 16.5. The zero-order valence-electron chi connectivity index (χ0n) is 12.9. The smallest absolute Gasteiger partial charge is 0.218 e. The molecule has 20 heavy (non-hydrogen) atoms. The van der Waals surface area contributed by atoms with Crippen LogP contribution in [0.3, 0.4) is 0 Å². The van der Waals surface area contributed by atoms with E-state index in [0.29, 0.717) is 24.9 Å². The van der Waals surface area contributed by atoms with E-state index in [0.717, 1.165) is 5.56 Å². The first-order chi connectivity index (χ1) is 9.52. The molecule has 6 heteroatoms. The van der Waals surface area contributed by atoms with Gasteiger partial charge in [0.1, 0.15) is 0 Å². The van der Waals surface area contributed by atoms with Gasteiger partial charge in [0.25, 0.3) is 0 Å². The molecule has 0 fully saturated rings. The summed E-state index contributed by atoms with van der Waals surface area (Å²) in [4.78, 5) is 8.33. The third-order valence-electron chi connectivity index (χ3n) is 2.95. The Morgan fingerprint density at radius 1 is 1.35 bits per heavy atom. The summed E-state index contributed by atoms with van der Waals surface area (Å²) >= 11 is 0. The molecule has 0 aliphatic heterocycles. The third-order valence-corrected chi connectivity index (χ3v) is 2.95. The number of ether oxygens (including phenoxy) is 2. The van der Waals surface area contributed by atoms with Crippen LogP contribution in [0.4, 0.5) is 0 Å². The Balaban J connectivity index is 2.54. The standard InChI is InChI=1S/C14H24N4O2/c1-14(2,20-5)10-18-13(15-3)17-9-11-7-6-8-16-12(11)19-4/h6-8H,9-10H2,1-5H3,(H2,15,17,18). The first-order valence-electron chi connectivity index (χ1n) is 6.50. The minimum atomic E-state index is -0.246. The van der Waals surface area contributed by atoms with Crippen molar-refractivity contribution in [1.82, 2.24) is 15.6 Å². The molecule has 1 aromatic rings. The van der Waals surface area contributed by atoms with Crippen LogP contribution in [0.5, 0.6) is 5.88 Å². The van der Waals surface area contributed by atoms with E-state index in [1.165, 1.54) is 0 Å². The maximum atomic E-state index is 5.36. The zero-order chi connectivity index (χ0) is 15.0. The Bertz CT molecular complexity index is 447. The minimum Gasteiger partial charge on any atom is -0.481 e. The second kappa shape index (κ2) is 7.69. The van der Waals surface area contributed by atoms with Crippen LogP contribution in [0, 0.1) is 0 Å². The molecule has 0 radical (unpaired) electrons. The lowest BCUT2D eigenvalue weighted by Gasteiger charge is -2.24. The highest BCUT2D eigenvalue weighted by Gasteiger charge is 2.16. The Hall–Kier alpha value is -1.82. The van der Waals surface area contributed by atoms with Gasteiger partial charge in [-0.1, -0.05) is 6.07 Å². The van der Waals surface area contributed by atoms with Crippen LogP contribution in [0.15, 0.2) is 23.3 Å². The monoisotopic (exact) mass is 280 g/mol. The molecule has 0 saturated carbocycles. The van der Waals surface area contributed by atoms with Gasteiger partial charge in [-0.05, 0) is 19.9 Å². The molecule has 2 N–H and O–H groups in total. The number of guanidine groups is 1. The summed E-state index contributed by atoms with van der Waals surface area (Å²) in [6.07, 6.45) is 1.70. The fourth-order valence-corrected chi connectivity index (χ4v) is 1.51. The van der Waals surface area contributed by atoms with Gasteiger partial charge in [0, 0.05) is 39.0 Å². The molecule has 0 aromatic carbocycles. The third kappa shape index (κ3) is 5.05. The van der Waals surface area contributed by atoms with Gasteiger partial charge in [0.2, 0.25) is 5.88 Å². The number of nitrogens with zero attached hydrogens (tertiary/aromatic N) is 2. The highest BCUT2D eigenvalue weighted by molar-refractivity contribution is 5.79. The van der Waals surface area contributed by atoms with Crippen molar-refractivity contribution >= 4 is 5.96 Å². The molecule has 0 aliphatic rings. The van der Waals surface area contributed by atoms with Crippen molar-refractivity contribution in [3.8, 4) is 5.88 Å². The average molecular weight is 280 g/mol. The van der Waals surface area contributed by atoms with Crippen molar-refractivity contribution in [3.05, 3.63) is 23.9 Å². The number of hydrogen-bond donors (Lipinski definition) is 2. The predicted molar refractivity (Wildman–Crippen MR) is 80.1 cm³/mol. The van der Waals surface area contributed by atoms with E-state index in [1.54, 1.807) is 27.5 Å². The predicted octanol–water partition coefficient (Wildman–Crippen LogP) is 1.18. The Labute approximate surface area is 120 Å². The summed E-state index contributed by atoms with van der Waals surface area (Å²) in [6, 6.07) is 3.84. The summed E-state index contributed by atoms with van der Waals surface area (Å²) in [5, 5.41) is 6.44. The van der Waals surface area contributed by atoms with E-state index >= 15 is 0 Å². The van der Waals surface area contributed by atoms with Crippen molar-refractivity contribution in [3.63, 3.8) is 0 Å². The fraction of sp³-hybridized carbons (Fsp3) is 0.571. The second-order valence-corrected chi connectivity index (χ2v) is 4.91. The molecule has 0 amide bonds. The quantitative estimate of drug-likeness (QED) is 0.605. The molecule has 0 unspecified atom stereocenters. The molecule has 1 aromatic heterocycles. The van der Waals surface area contributed by atoms with Crippen molar-refractivity contribution < 1.29 is 9.47 Å². The molecule has 0 aliphatic carbocycles. The van der Waals surface area contributed by atoms with Gasteiger partial charge in [-0.25, -0.2) is 4.98 Å². The number of aliphatic imine (C=N–C) groups is 1. The van der Waals surface area contributed by atoms with Crippen LogP contribution in [-0.2, 0) is 11.3 Å². The average Bonchev–Trinajstić information content (AvgIpc) is 2.47. The first kappa shape index (κ1) is 16.2. The van der Waals surface area contributed by atoms with Crippen LogP contribution in [0.1, 0.15) is 19.4 Å². The summed E-state index contributed by atoms with van der Waals surface area (Å²) in [5.74, 6) is 1.33. The molecular weight excluding hydrogens is 256 g/mol. The number of rotatable bonds is 6. The van der Waals surface area contributed by atoms with Gasteiger partial charge in [-0.2, -0.15) is 0 Å². The maximum Gasteiger partial charge on any atom is 0.218 e. The molecule has 6 nitrogen and oxygen atoms in total. The van der Waals surface area contributed by atoms with Gasteiger partial charge in [-0.15, -0.1) is 0 Å². The summed E-state index contributed by atoms with van der Waals surface area (Å²) in [5.41, 5.74) is 0.729. The second-order valence-electron chi connectivity index (χ2n) is 4.91. The molecule has 1 heterocycles. The normalized spacial score (nSPS) is 12.2. The van der Waals surface area contributed by atoms with Gasteiger partial charge in [-0.3, -0.25) is 4.99 Å². The molecule has 0 saturated heterocycles. The SMILES string of the molecule is CN=C(NCc1cccnc1OC)NCC(C)(C)OC. The van der Waals surface area contributed by atoms with Crippen molar-refractivity contribution in [2.45, 2.75) is 26.0 Å². The van der Waals surface area contributed by atoms with Gasteiger partial charge in [0.05, 0.1) is 12.7 Å². The number of hydrogen-bond acceptors (Lipinski definition) is 4. The van der Waals surface area contributed by atoms with E-state index in [4.69, 9.17) is 9.47 Å². The zero-order valence-corrected chi connectivity index (χ0v) is 12.9. The van der Waals surface area contributed by atoms with Crippen molar-refractivity contribution in [2.24, 2.45) is 4.99 Å². The number of pyridine rings is 1. The highest BCUT2D eigenvalue weighted by Crippen LogP contribution is 2.12. The number of methoxy groups -OCH3 is 2. The van der Waals surface area contributed by atoms with Gasteiger partial charge >= 0.3 is 0 Å². The molecule has 0 atom stereocenters. The van der Waals surface area contributed by atoms with Gasteiger partial charge < -0.3 is 20.1 Å². The molecule has 112 valence electrons. The van der Waals surface area contributed by atoms with Crippen LogP contribution in [0.2, 0.25) is 0 Å². The number of aromatic nitrogens is 1. The summed E-state index contributed by atoms with van der Waals surface area (Å²) in [6.45, 7) is 5.27. The molecule has 0 spiro atoms. The first-order valence-corrected chi connectivity index (χ1v) is 6.50. The lowest BCUT2D eigenvalue weighted by atomic mass is 10.1.